The number of fused-ring (bicyclic) bond motifs is 12. The Bertz CT molecular complexity index is 3340. The third kappa shape index (κ3) is 5.54. The second kappa shape index (κ2) is 13.9. The number of aromatic nitrogens is 2. The summed E-state index contributed by atoms with van der Waals surface area (Å²) in [7, 11) is -2.12. The molecule has 0 fully saturated rings. The normalized spacial score (nSPS) is 13.3. The van der Waals surface area contributed by atoms with Crippen LogP contribution in [0.3, 0.4) is 0 Å². The van der Waals surface area contributed by atoms with Crippen LogP contribution in [-0.2, 0) is 21.1 Å². The van der Waals surface area contributed by atoms with Crippen molar-refractivity contribution in [3.63, 3.8) is 0 Å². The van der Waals surface area contributed by atoms with E-state index in [1.165, 1.54) is 32.1 Å². The van der Waals surface area contributed by atoms with Gasteiger partial charge in [-0.15, -0.1) is 29.3 Å². The summed E-state index contributed by atoms with van der Waals surface area (Å²) in [5.41, 5.74) is 6.88. The summed E-state index contributed by atoms with van der Waals surface area (Å²) < 4.78 is 9.04. The monoisotopic (exact) mass is 942 g/mol. The van der Waals surface area contributed by atoms with E-state index in [9.17, 15) is 0 Å². The van der Waals surface area contributed by atoms with Crippen LogP contribution in [0.15, 0.2) is 163 Å². The van der Waals surface area contributed by atoms with Gasteiger partial charge in [-0.2, -0.15) is 23.4 Å². The third-order valence-electron chi connectivity index (χ3n) is 11.6. The summed E-state index contributed by atoms with van der Waals surface area (Å²) in [6, 6.07) is 60.5. The van der Waals surface area contributed by atoms with Crippen molar-refractivity contribution in [2.45, 2.75) is 20.0 Å². The van der Waals surface area contributed by atoms with Crippen molar-refractivity contribution in [2.24, 2.45) is 4.99 Å². The number of rotatable bonds is 4. The zero-order chi connectivity index (χ0) is 38.3. The molecule has 282 valence electrons. The summed E-state index contributed by atoms with van der Waals surface area (Å²) in [5, 5.41) is 11.7. The van der Waals surface area contributed by atoms with E-state index in [-0.39, 0.29) is 21.1 Å². The minimum absolute atomic E-state index is 0. The van der Waals surface area contributed by atoms with Gasteiger partial charge in [-0.05, 0) is 57.4 Å². The standard InChI is InChI=1S/C51H35N4OSi.Pt/c1-33-14-11-24-48-49(33)54(32-53-34-15-5-4-6-16-34)46-31-36(26-28-47(46)57(48,2)3)56-35-25-27-41-43-22-12-21-42-39-19-9-7-17-37(39)38-18-8-10-20-40(38)44-23-13-29-52-51(44)55(50(42)43)45(41)30-35;/h4-29H,1-3H3;/q-3;. The van der Waals surface area contributed by atoms with E-state index in [0.717, 1.165) is 60.7 Å². The molecule has 0 amide bonds. The first-order valence-electron chi connectivity index (χ1n) is 19.3. The molecule has 0 bridgehead atoms. The zero-order valence-corrected chi connectivity index (χ0v) is 35.3. The Kier molecular flexibility index (Phi) is 8.66. The maximum atomic E-state index is 6.76. The molecule has 11 rings (SSSR count). The largest absolute Gasteiger partial charge is 0.510 e. The van der Waals surface area contributed by atoms with Crippen LogP contribution in [-0.4, -0.2) is 23.8 Å². The average molecular weight is 943 g/mol. The number of hydrogen-bond acceptors (Lipinski definition) is 3. The Morgan fingerprint density at radius 1 is 0.586 bits per heavy atom. The second-order valence-corrected chi connectivity index (χ2v) is 19.6. The van der Waals surface area contributed by atoms with E-state index in [4.69, 9.17) is 14.7 Å². The molecule has 0 radical (unpaired) electrons. The molecule has 3 aromatic heterocycles. The van der Waals surface area contributed by atoms with Gasteiger partial charge in [-0.25, -0.2) is 4.98 Å². The molecule has 0 N–H and O–H groups in total. The molecule has 7 heteroatoms. The van der Waals surface area contributed by atoms with Crippen LogP contribution in [0.2, 0.25) is 13.1 Å². The Labute approximate surface area is 351 Å². The fourth-order valence-corrected chi connectivity index (χ4v) is 11.9. The quantitative estimate of drug-likeness (QED) is 0.0764. The molecular formula is C51H35N4OPtSi-3. The van der Waals surface area contributed by atoms with Crippen molar-refractivity contribution in [1.82, 2.24) is 9.38 Å². The van der Waals surface area contributed by atoms with Crippen molar-refractivity contribution >= 4 is 102 Å². The van der Waals surface area contributed by atoms with Crippen LogP contribution in [0, 0.1) is 19.1 Å². The first-order chi connectivity index (χ1) is 28.0. The van der Waals surface area contributed by atoms with Gasteiger partial charge in [0.05, 0.1) is 0 Å². The maximum absolute atomic E-state index is 6.76. The second-order valence-electron chi connectivity index (χ2n) is 15.3. The number of benzene rings is 7. The molecular weight excluding hydrogens is 908 g/mol. The first kappa shape index (κ1) is 36.0. The third-order valence-corrected chi connectivity index (χ3v) is 15.1. The fraction of sp³-hybridized carbons (Fsp3) is 0.0588. The maximum Gasteiger partial charge on any atom is 0.143 e. The summed E-state index contributed by atoms with van der Waals surface area (Å²) >= 11 is 0. The number of pyridine rings is 1. The van der Waals surface area contributed by atoms with Crippen LogP contribution in [0.4, 0.5) is 17.1 Å². The molecule has 0 saturated heterocycles. The predicted octanol–water partition coefficient (Wildman–Crippen LogP) is 11.9. The first-order valence-corrected chi connectivity index (χ1v) is 22.3. The molecule has 10 aromatic rings. The van der Waals surface area contributed by atoms with Crippen molar-refractivity contribution < 1.29 is 25.8 Å². The Hall–Kier alpha value is -6.33. The van der Waals surface area contributed by atoms with E-state index < -0.39 is 8.07 Å². The van der Waals surface area contributed by atoms with Gasteiger partial charge in [0.15, 0.2) is 0 Å². The van der Waals surface area contributed by atoms with E-state index in [1.807, 2.05) is 54.7 Å². The van der Waals surface area contributed by atoms with Crippen LogP contribution in [0.5, 0.6) is 11.5 Å². The number of ether oxygens (including phenoxy) is 1. The number of para-hydroxylation sites is 3. The van der Waals surface area contributed by atoms with Gasteiger partial charge in [0, 0.05) is 69.5 Å². The van der Waals surface area contributed by atoms with Gasteiger partial charge in [0.2, 0.25) is 0 Å². The molecule has 5 nitrogen and oxygen atoms in total. The molecule has 7 aromatic carbocycles. The zero-order valence-electron chi connectivity index (χ0n) is 32.0. The molecule has 1 aliphatic rings. The molecule has 0 unspecified atom stereocenters. The molecule has 58 heavy (non-hydrogen) atoms. The Morgan fingerprint density at radius 3 is 1.95 bits per heavy atom. The fourth-order valence-electron chi connectivity index (χ4n) is 8.90. The molecule has 0 atom stereocenters. The van der Waals surface area contributed by atoms with Crippen LogP contribution >= 0.6 is 0 Å². The molecule has 0 aliphatic carbocycles. The van der Waals surface area contributed by atoms with Crippen LogP contribution < -0.4 is 20.0 Å². The van der Waals surface area contributed by atoms with Gasteiger partial charge in [-0.1, -0.05) is 145 Å². The van der Waals surface area contributed by atoms with Crippen molar-refractivity contribution in [3.05, 3.63) is 176 Å². The minimum Gasteiger partial charge on any atom is -0.510 e. The van der Waals surface area contributed by atoms with Crippen molar-refractivity contribution in [2.75, 3.05) is 4.90 Å². The number of aryl methyl sites for hydroxylation is 1. The number of nitrogens with zero attached hydrogens (tertiary/aromatic N) is 4. The Morgan fingerprint density at radius 2 is 1.19 bits per heavy atom. The molecule has 0 spiro atoms. The smallest absolute Gasteiger partial charge is 0.143 e. The summed E-state index contributed by atoms with van der Waals surface area (Å²) in [6.07, 6.45) is 5.28. The van der Waals surface area contributed by atoms with Crippen molar-refractivity contribution in [1.29, 1.82) is 0 Å². The van der Waals surface area contributed by atoms with Gasteiger partial charge >= 0.3 is 0 Å². The number of hydrogen-bond donors (Lipinski definition) is 0. The van der Waals surface area contributed by atoms with Crippen LogP contribution in [0.1, 0.15) is 5.56 Å². The van der Waals surface area contributed by atoms with E-state index in [2.05, 4.69) is 151 Å². The van der Waals surface area contributed by atoms with Gasteiger partial charge < -0.3 is 19.0 Å². The SMILES string of the molecule is Cc1cccc2c1N([C-]=Nc1ccccc1)c1[c-]c(Oc3[c-]c4c(cc3)c3cccc5c6ccccc6c6ccccc6c6cccnc6n4c53)ccc1[Si]2(C)C.[Pt]. The van der Waals surface area contributed by atoms with Gasteiger partial charge in [-0.3, -0.25) is 0 Å². The number of aliphatic imine (C=N–C) groups is 1. The van der Waals surface area contributed by atoms with E-state index >= 15 is 0 Å². The molecule has 4 heterocycles. The summed E-state index contributed by atoms with van der Waals surface area (Å²) in [4.78, 5) is 12.0. The Balaban J connectivity index is 0.00000408. The van der Waals surface area contributed by atoms with E-state index in [1.54, 1.807) is 0 Å². The summed E-state index contributed by atoms with van der Waals surface area (Å²) in [6.45, 7) is 6.96. The van der Waals surface area contributed by atoms with Gasteiger partial charge in [0.25, 0.3) is 0 Å². The topological polar surface area (TPSA) is 42.1 Å². The molecule has 0 saturated carbocycles. The van der Waals surface area contributed by atoms with Gasteiger partial charge in [0.1, 0.15) is 5.65 Å². The molecule has 1 aliphatic heterocycles. The number of anilines is 2. The van der Waals surface area contributed by atoms with E-state index in [0.29, 0.717) is 11.5 Å². The summed E-state index contributed by atoms with van der Waals surface area (Å²) in [5.74, 6) is 1.19. The minimum atomic E-state index is -2.12. The van der Waals surface area contributed by atoms with Crippen LogP contribution in [0.25, 0.3) is 59.8 Å². The predicted molar refractivity (Wildman–Crippen MR) is 239 cm³/mol. The van der Waals surface area contributed by atoms with Crippen molar-refractivity contribution in [3.8, 4) is 11.5 Å². The average Bonchev–Trinajstić information content (AvgIpc) is 3.59.